The van der Waals surface area contributed by atoms with Crippen molar-refractivity contribution in [2.75, 3.05) is 25.1 Å². The number of ether oxygens (including phenoxy) is 1. The average Bonchev–Trinajstić information content (AvgIpc) is 2.60. The summed E-state index contributed by atoms with van der Waals surface area (Å²) in [5.74, 6) is -0.959. The molecule has 0 aromatic heterocycles. The molecule has 3 rings (SSSR count). The second kappa shape index (κ2) is 9.25. The maximum atomic E-state index is 14.7. The Kier molecular flexibility index (Phi) is 6.72. The molecule has 0 heterocycles. The number of anilines is 1. The topological polar surface area (TPSA) is 49.8 Å². The molecular weight excluding hydrogens is 376 g/mol. The van der Waals surface area contributed by atoms with Crippen LogP contribution in [0.5, 0.6) is 5.75 Å². The number of carboxylic acid groups (broad SMARTS) is 1. The first kappa shape index (κ1) is 21.1. The van der Waals surface area contributed by atoms with Crippen LogP contribution in [0, 0.1) is 24.5 Å². The molecule has 0 spiro atoms. The van der Waals surface area contributed by atoms with Gasteiger partial charge in [0.1, 0.15) is 23.1 Å². The molecule has 156 valence electrons. The zero-order valence-corrected chi connectivity index (χ0v) is 16.9. The summed E-state index contributed by atoms with van der Waals surface area (Å²) in [6, 6.07) is 8.26. The van der Waals surface area contributed by atoms with Crippen molar-refractivity contribution < 1.29 is 23.4 Å². The number of hydrogen-bond donors (Lipinski definition) is 1. The third-order valence-electron chi connectivity index (χ3n) is 5.51. The van der Waals surface area contributed by atoms with Gasteiger partial charge in [-0.1, -0.05) is 12.5 Å². The smallest absolute Gasteiger partial charge is 0.303 e. The van der Waals surface area contributed by atoms with Gasteiger partial charge in [-0.3, -0.25) is 4.79 Å². The minimum atomic E-state index is -0.926. The lowest BCUT2D eigenvalue weighted by Gasteiger charge is -2.25. The number of halogens is 2. The molecule has 0 bridgehead atoms. The van der Waals surface area contributed by atoms with Crippen molar-refractivity contribution >= 4 is 11.7 Å². The highest BCUT2D eigenvalue weighted by Crippen LogP contribution is 2.34. The molecule has 2 aromatic rings. The maximum Gasteiger partial charge on any atom is 0.303 e. The van der Waals surface area contributed by atoms with E-state index in [0.717, 1.165) is 11.1 Å². The van der Waals surface area contributed by atoms with E-state index in [4.69, 9.17) is 9.84 Å². The fourth-order valence-corrected chi connectivity index (χ4v) is 3.54. The van der Waals surface area contributed by atoms with Crippen LogP contribution in [0.15, 0.2) is 30.3 Å². The van der Waals surface area contributed by atoms with Crippen molar-refractivity contribution in [2.24, 2.45) is 5.92 Å². The van der Waals surface area contributed by atoms with E-state index < -0.39 is 17.6 Å². The predicted molar refractivity (Wildman–Crippen MR) is 110 cm³/mol. The molecule has 29 heavy (non-hydrogen) atoms. The fraction of sp³-hybridized carbons (Fsp3) is 0.435. The monoisotopic (exact) mass is 403 g/mol. The van der Waals surface area contributed by atoms with Crippen LogP contribution < -0.4 is 9.64 Å². The van der Waals surface area contributed by atoms with Crippen LogP contribution in [0.1, 0.15) is 37.7 Å². The van der Waals surface area contributed by atoms with Gasteiger partial charge in [-0.15, -0.1) is 0 Å². The van der Waals surface area contributed by atoms with Gasteiger partial charge in [0.15, 0.2) is 0 Å². The molecule has 1 saturated carbocycles. The first-order valence-corrected chi connectivity index (χ1v) is 10.0. The second-order valence-corrected chi connectivity index (χ2v) is 7.79. The number of aryl methyl sites for hydroxylation is 1. The zero-order valence-electron chi connectivity index (χ0n) is 16.9. The van der Waals surface area contributed by atoms with Gasteiger partial charge in [-0.05, 0) is 73.1 Å². The van der Waals surface area contributed by atoms with E-state index in [9.17, 15) is 13.6 Å². The first-order valence-electron chi connectivity index (χ1n) is 10.0. The van der Waals surface area contributed by atoms with Crippen molar-refractivity contribution in [3.8, 4) is 16.9 Å². The molecule has 6 heteroatoms. The number of nitrogens with zero attached hydrogens (tertiary/aromatic N) is 1. The van der Waals surface area contributed by atoms with Gasteiger partial charge in [-0.2, -0.15) is 0 Å². The molecule has 1 aliphatic rings. The van der Waals surface area contributed by atoms with E-state index in [0.29, 0.717) is 30.3 Å². The number of carbonyl (C=O) groups is 1. The fourth-order valence-electron chi connectivity index (χ4n) is 3.54. The Morgan fingerprint density at radius 3 is 2.48 bits per heavy atom. The van der Waals surface area contributed by atoms with Gasteiger partial charge < -0.3 is 14.7 Å². The lowest BCUT2D eigenvalue weighted by atomic mass is 9.86. The molecule has 1 N–H and O–H groups in total. The summed E-state index contributed by atoms with van der Waals surface area (Å²) in [4.78, 5) is 12.1. The van der Waals surface area contributed by atoms with Crippen LogP contribution >= 0.6 is 0 Å². The molecule has 0 unspecified atom stereocenters. The van der Waals surface area contributed by atoms with E-state index in [-0.39, 0.29) is 18.7 Å². The van der Waals surface area contributed by atoms with Crippen LogP contribution in [-0.2, 0) is 4.79 Å². The van der Waals surface area contributed by atoms with Gasteiger partial charge in [0.25, 0.3) is 0 Å². The number of aliphatic carboxylic acids is 1. The van der Waals surface area contributed by atoms with Crippen molar-refractivity contribution in [3.63, 3.8) is 0 Å². The summed E-state index contributed by atoms with van der Waals surface area (Å²) < 4.78 is 35.4. The zero-order chi connectivity index (χ0) is 21.0. The average molecular weight is 403 g/mol. The van der Waals surface area contributed by atoms with E-state index >= 15 is 0 Å². The molecule has 1 fully saturated rings. The van der Waals surface area contributed by atoms with Crippen molar-refractivity contribution in [3.05, 3.63) is 47.5 Å². The molecule has 0 saturated heterocycles. The van der Waals surface area contributed by atoms with E-state index in [1.165, 1.54) is 36.3 Å². The molecule has 0 amide bonds. The van der Waals surface area contributed by atoms with Gasteiger partial charge in [0.05, 0.1) is 6.61 Å². The Labute approximate surface area is 170 Å². The minimum absolute atomic E-state index is 0.0431. The summed E-state index contributed by atoms with van der Waals surface area (Å²) in [7, 11) is 1.56. The van der Waals surface area contributed by atoms with Gasteiger partial charge in [-0.25, -0.2) is 8.78 Å². The quantitative estimate of drug-likeness (QED) is 0.607. The number of hydrogen-bond acceptors (Lipinski definition) is 3. The molecule has 0 radical (unpaired) electrons. The lowest BCUT2D eigenvalue weighted by molar-refractivity contribution is -0.137. The molecule has 2 aromatic carbocycles. The summed E-state index contributed by atoms with van der Waals surface area (Å²) in [5, 5.41) is 8.73. The molecule has 0 aliphatic heterocycles. The maximum absolute atomic E-state index is 14.7. The van der Waals surface area contributed by atoms with Gasteiger partial charge >= 0.3 is 5.97 Å². The molecule has 0 atom stereocenters. The lowest BCUT2D eigenvalue weighted by Crippen LogP contribution is -2.22. The summed E-state index contributed by atoms with van der Waals surface area (Å²) in [6.45, 7) is 2.82. The van der Waals surface area contributed by atoms with Crippen molar-refractivity contribution in [1.29, 1.82) is 0 Å². The summed E-state index contributed by atoms with van der Waals surface area (Å²) in [6.07, 6.45) is 3.90. The third-order valence-corrected chi connectivity index (χ3v) is 5.51. The highest BCUT2D eigenvalue weighted by atomic mass is 19.1. The Balaban J connectivity index is 1.79. The SMILES string of the molecule is Cc1ccc(OCC2CCC2)cc1-c1cc(F)c(N(C)CCCC(=O)O)c(F)c1. The van der Waals surface area contributed by atoms with Gasteiger partial charge in [0.2, 0.25) is 0 Å². The minimum Gasteiger partial charge on any atom is -0.493 e. The van der Waals surface area contributed by atoms with E-state index in [1.54, 1.807) is 7.05 Å². The Bertz CT molecular complexity index is 857. The van der Waals surface area contributed by atoms with Crippen LogP contribution in [-0.4, -0.2) is 31.3 Å². The number of carboxylic acids is 1. The third kappa shape index (κ3) is 5.25. The van der Waals surface area contributed by atoms with Crippen LogP contribution in [0.3, 0.4) is 0 Å². The van der Waals surface area contributed by atoms with Crippen LogP contribution in [0.25, 0.3) is 11.1 Å². The molecular formula is C23H27F2NO3. The van der Waals surface area contributed by atoms with Crippen LogP contribution in [0.2, 0.25) is 0 Å². The normalized spacial score (nSPS) is 13.8. The van der Waals surface area contributed by atoms with E-state index in [1.807, 2.05) is 25.1 Å². The second-order valence-electron chi connectivity index (χ2n) is 7.79. The predicted octanol–water partition coefficient (Wildman–Crippen LogP) is 5.42. The van der Waals surface area contributed by atoms with Gasteiger partial charge in [0, 0.05) is 20.0 Å². The number of benzene rings is 2. The highest BCUT2D eigenvalue weighted by Gasteiger charge is 2.19. The number of rotatable bonds is 9. The summed E-state index contributed by atoms with van der Waals surface area (Å²) in [5.41, 5.74) is 1.94. The largest absolute Gasteiger partial charge is 0.493 e. The highest BCUT2D eigenvalue weighted by molar-refractivity contribution is 5.71. The van der Waals surface area contributed by atoms with Crippen molar-refractivity contribution in [1.82, 2.24) is 0 Å². The van der Waals surface area contributed by atoms with Crippen molar-refractivity contribution in [2.45, 2.75) is 39.0 Å². The Morgan fingerprint density at radius 2 is 1.90 bits per heavy atom. The molecule has 4 nitrogen and oxygen atoms in total. The molecule has 1 aliphatic carbocycles. The first-order chi connectivity index (χ1) is 13.8. The van der Waals surface area contributed by atoms with E-state index in [2.05, 4.69) is 0 Å². The Morgan fingerprint density at radius 1 is 1.21 bits per heavy atom. The van der Waals surface area contributed by atoms with Crippen LogP contribution in [0.4, 0.5) is 14.5 Å². The summed E-state index contributed by atoms with van der Waals surface area (Å²) >= 11 is 0. The Hall–Kier alpha value is -2.63. The standard InChI is InChI=1S/C23H27F2NO3/c1-15-8-9-18(29-14-16-5-3-6-16)13-19(15)17-11-20(24)23(21(25)12-17)26(2)10-4-7-22(27)28/h8-9,11-13,16H,3-7,10,14H2,1-2H3,(H,27,28).